The molecule has 5 rings (SSSR count). The number of aliphatic hydroxyl groups excluding tert-OH is 1. The Kier molecular flexibility index (Phi) is 4.83. The topological polar surface area (TPSA) is 43.8 Å². The van der Waals surface area contributed by atoms with Crippen molar-refractivity contribution in [1.29, 1.82) is 0 Å². The molecule has 158 valence electrons. The number of benzene rings is 2. The molecule has 30 heavy (non-hydrogen) atoms. The number of para-hydroxylation sites is 1. The Labute approximate surface area is 176 Å². The maximum Gasteiger partial charge on any atom is 0.416 e. The van der Waals surface area contributed by atoms with Gasteiger partial charge < -0.3 is 5.11 Å². The van der Waals surface area contributed by atoms with Gasteiger partial charge in [-0.3, -0.25) is 14.6 Å². The van der Waals surface area contributed by atoms with Crippen LogP contribution in [0.4, 0.5) is 24.5 Å². The van der Waals surface area contributed by atoms with Crippen molar-refractivity contribution >= 4 is 29.0 Å². The number of hydrogen-bond acceptors (Lipinski definition) is 4. The van der Waals surface area contributed by atoms with Gasteiger partial charge in [-0.1, -0.05) is 23.9 Å². The SMILES string of the molecule is O=C(CN1C2CCC1CC(O)C2)N1c2ccccc2Sc2ccc(C(F)(F)F)cc21. The molecular weight excluding hydrogens is 413 g/mol. The monoisotopic (exact) mass is 434 g/mol. The van der Waals surface area contributed by atoms with Crippen molar-refractivity contribution in [2.45, 2.75) is 59.8 Å². The minimum atomic E-state index is -4.48. The van der Waals surface area contributed by atoms with Crippen LogP contribution in [0.25, 0.3) is 0 Å². The number of alkyl halides is 3. The van der Waals surface area contributed by atoms with Crippen molar-refractivity contribution in [3.05, 3.63) is 48.0 Å². The molecule has 3 heterocycles. The van der Waals surface area contributed by atoms with Crippen molar-refractivity contribution < 1.29 is 23.1 Å². The summed E-state index contributed by atoms with van der Waals surface area (Å²) in [5.74, 6) is -0.239. The number of halogens is 3. The van der Waals surface area contributed by atoms with E-state index in [-0.39, 0.29) is 36.3 Å². The van der Waals surface area contributed by atoms with Crippen LogP contribution in [0, 0.1) is 0 Å². The van der Waals surface area contributed by atoms with E-state index in [4.69, 9.17) is 0 Å². The molecule has 3 aliphatic heterocycles. The van der Waals surface area contributed by atoms with Gasteiger partial charge in [-0.05, 0) is 56.0 Å². The van der Waals surface area contributed by atoms with Crippen molar-refractivity contribution in [2.24, 2.45) is 0 Å². The molecule has 0 saturated carbocycles. The summed E-state index contributed by atoms with van der Waals surface area (Å²) in [5, 5.41) is 10.0. The van der Waals surface area contributed by atoms with Crippen LogP contribution in [-0.4, -0.2) is 40.6 Å². The van der Waals surface area contributed by atoms with E-state index < -0.39 is 11.7 Å². The lowest BCUT2D eigenvalue weighted by molar-refractivity contribution is -0.137. The molecule has 8 heteroatoms. The molecule has 2 bridgehead atoms. The zero-order valence-electron chi connectivity index (χ0n) is 16.1. The highest BCUT2D eigenvalue weighted by Crippen LogP contribution is 2.49. The van der Waals surface area contributed by atoms with Crippen LogP contribution in [0.2, 0.25) is 0 Å². The maximum atomic E-state index is 13.5. The van der Waals surface area contributed by atoms with Gasteiger partial charge in [0.2, 0.25) is 5.91 Å². The predicted octanol–water partition coefficient (Wildman–Crippen LogP) is 4.82. The Balaban J connectivity index is 1.52. The van der Waals surface area contributed by atoms with Crippen molar-refractivity contribution in [2.75, 3.05) is 11.4 Å². The average molecular weight is 434 g/mol. The van der Waals surface area contributed by atoms with E-state index in [0.717, 1.165) is 29.9 Å². The molecule has 0 aliphatic carbocycles. The molecule has 2 unspecified atom stereocenters. The van der Waals surface area contributed by atoms with E-state index in [1.54, 1.807) is 12.1 Å². The number of carbonyl (C=O) groups excluding carboxylic acids is 1. The van der Waals surface area contributed by atoms with E-state index in [9.17, 15) is 23.1 Å². The fraction of sp³-hybridized carbons (Fsp3) is 0.409. The third-order valence-corrected chi connectivity index (χ3v) is 7.41. The molecule has 3 aliphatic rings. The number of carbonyl (C=O) groups is 1. The number of rotatable bonds is 2. The number of fused-ring (bicyclic) bond motifs is 4. The molecule has 0 radical (unpaired) electrons. The minimum Gasteiger partial charge on any atom is -0.393 e. The van der Waals surface area contributed by atoms with Gasteiger partial charge in [0.25, 0.3) is 0 Å². The lowest BCUT2D eigenvalue weighted by Gasteiger charge is -2.39. The summed E-state index contributed by atoms with van der Waals surface area (Å²) in [7, 11) is 0. The first kappa shape index (κ1) is 19.9. The van der Waals surface area contributed by atoms with Crippen LogP contribution < -0.4 is 4.90 Å². The van der Waals surface area contributed by atoms with E-state index in [1.807, 2.05) is 12.1 Å². The highest BCUT2D eigenvalue weighted by molar-refractivity contribution is 7.99. The van der Waals surface area contributed by atoms with E-state index >= 15 is 0 Å². The smallest absolute Gasteiger partial charge is 0.393 e. The highest BCUT2D eigenvalue weighted by atomic mass is 32.2. The highest BCUT2D eigenvalue weighted by Gasteiger charge is 2.42. The first-order valence-corrected chi connectivity index (χ1v) is 10.9. The quantitative estimate of drug-likeness (QED) is 0.736. The fourth-order valence-corrected chi connectivity index (χ4v) is 5.97. The summed E-state index contributed by atoms with van der Waals surface area (Å²) in [6.45, 7) is 0.136. The largest absolute Gasteiger partial charge is 0.416 e. The molecule has 0 spiro atoms. The Morgan fingerprint density at radius 2 is 1.70 bits per heavy atom. The molecular formula is C22H21F3N2O2S. The summed E-state index contributed by atoms with van der Waals surface area (Å²) in [6.07, 6.45) is -1.65. The second-order valence-corrected chi connectivity index (χ2v) is 9.25. The van der Waals surface area contributed by atoms with Crippen molar-refractivity contribution in [1.82, 2.24) is 4.90 Å². The van der Waals surface area contributed by atoms with Crippen LogP contribution in [0.3, 0.4) is 0 Å². The molecule has 1 amide bonds. The Morgan fingerprint density at radius 1 is 1.03 bits per heavy atom. The van der Waals surface area contributed by atoms with E-state index in [1.165, 1.54) is 22.7 Å². The standard InChI is InChI=1S/C22H21F3N2O2S/c23-22(24,25)13-5-8-20-18(9-13)27(17-3-1-2-4-19(17)30-20)21(29)12-26-14-6-7-15(26)11-16(28)10-14/h1-5,8-9,14-16,28H,6-7,10-12H2. The lowest BCUT2D eigenvalue weighted by Crippen LogP contribution is -2.49. The first-order valence-electron chi connectivity index (χ1n) is 10.1. The van der Waals surface area contributed by atoms with Crippen LogP contribution in [-0.2, 0) is 11.0 Å². The second-order valence-electron chi connectivity index (χ2n) is 8.16. The normalized spacial score (nSPS) is 25.7. The molecule has 2 atom stereocenters. The fourth-order valence-electron chi connectivity index (χ4n) is 4.93. The van der Waals surface area contributed by atoms with Gasteiger partial charge in [0.15, 0.2) is 0 Å². The average Bonchev–Trinajstić information content (AvgIpc) is 2.93. The number of nitrogens with zero attached hydrogens (tertiary/aromatic N) is 2. The van der Waals surface area contributed by atoms with E-state index in [0.29, 0.717) is 23.4 Å². The third kappa shape index (κ3) is 3.40. The Morgan fingerprint density at radius 3 is 2.40 bits per heavy atom. The van der Waals surface area contributed by atoms with Gasteiger partial charge in [-0.25, -0.2) is 0 Å². The molecule has 2 aromatic carbocycles. The van der Waals surface area contributed by atoms with Crippen LogP contribution in [0.1, 0.15) is 31.2 Å². The number of hydrogen-bond donors (Lipinski definition) is 1. The Bertz CT molecular complexity index is 983. The summed E-state index contributed by atoms with van der Waals surface area (Å²) < 4.78 is 40.1. The van der Waals surface area contributed by atoms with Gasteiger partial charge >= 0.3 is 6.18 Å². The number of anilines is 2. The summed E-state index contributed by atoms with van der Waals surface area (Å²) >= 11 is 1.37. The summed E-state index contributed by atoms with van der Waals surface area (Å²) in [4.78, 5) is 18.5. The number of amides is 1. The third-order valence-electron chi connectivity index (χ3n) is 6.28. The van der Waals surface area contributed by atoms with Gasteiger partial charge in [0.05, 0.1) is 29.6 Å². The number of piperidine rings is 1. The molecule has 2 saturated heterocycles. The predicted molar refractivity (Wildman–Crippen MR) is 108 cm³/mol. The zero-order valence-corrected chi connectivity index (χ0v) is 16.9. The van der Waals surface area contributed by atoms with Crippen LogP contribution in [0.15, 0.2) is 52.3 Å². The molecule has 0 aromatic heterocycles. The molecule has 1 N–H and O–H groups in total. The molecule has 4 nitrogen and oxygen atoms in total. The maximum absolute atomic E-state index is 13.5. The molecule has 2 aromatic rings. The van der Waals surface area contributed by atoms with Crippen molar-refractivity contribution in [3.63, 3.8) is 0 Å². The van der Waals surface area contributed by atoms with Gasteiger partial charge in [0.1, 0.15) is 0 Å². The number of aliphatic hydroxyl groups is 1. The molecule has 2 fully saturated rings. The van der Waals surface area contributed by atoms with Crippen molar-refractivity contribution in [3.8, 4) is 0 Å². The first-order chi connectivity index (χ1) is 14.3. The zero-order chi connectivity index (χ0) is 21.0. The van der Waals surface area contributed by atoms with Gasteiger partial charge in [0, 0.05) is 21.9 Å². The van der Waals surface area contributed by atoms with Crippen LogP contribution in [0.5, 0.6) is 0 Å². The summed E-state index contributed by atoms with van der Waals surface area (Å²) in [5.41, 5.74) is 0.131. The van der Waals surface area contributed by atoms with Gasteiger partial charge in [-0.2, -0.15) is 13.2 Å². The minimum absolute atomic E-state index is 0.136. The van der Waals surface area contributed by atoms with E-state index in [2.05, 4.69) is 4.90 Å². The second kappa shape index (κ2) is 7.28. The lowest BCUT2D eigenvalue weighted by atomic mass is 10.00. The van der Waals surface area contributed by atoms with Gasteiger partial charge in [-0.15, -0.1) is 0 Å². The Hall–Kier alpha value is -2.03. The summed E-state index contributed by atoms with van der Waals surface area (Å²) in [6, 6.07) is 11.2. The van der Waals surface area contributed by atoms with Crippen LogP contribution >= 0.6 is 11.8 Å².